The van der Waals surface area contributed by atoms with Crippen LogP contribution in [-0.4, -0.2) is 38.3 Å². The van der Waals surface area contributed by atoms with Crippen LogP contribution in [0.15, 0.2) is 54.6 Å². The maximum atomic E-state index is 12.5. The molecule has 1 N–H and O–H groups in total. The summed E-state index contributed by atoms with van der Waals surface area (Å²) in [5.74, 6) is 0.567. The number of rotatable bonds is 6. The van der Waals surface area contributed by atoms with Gasteiger partial charge in [0.1, 0.15) is 5.75 Å². The van der Waals surface area contributed by atoms with Crippen molar-refractivity contribution in [3.05, 3.63) is 54.6 Å². The highest BCUT2D eigenvalue weighted by molar-refractivity contribution is 5.94. The second kappa shape index (κ2) is 8.53. The van der Waals surface area contributed by atoms with E-state index in [0.29, 0.717) is 12.2 Å². The molecule has 0 aliphatic carbocycles. The van der Waals surface area contributed by atoms with Crippen LogP contribution in [0, 0.1) is 0 Å². The van der Waals surface area contributed by atoms with Crippen LogP contribution in [0.5, 0.6) is 5.75 Å². The Labute approximate surface area is 148 Å². The number of anilines is 2. The minimum Gasteiger partial charge on any atom is -0.481 e. The molecule has 0 saturated carbocycles. The van der Waals surface area contributed by atoms with Crippen LogP contribution in [0.1, 0.15) is 13.3 Å². The lowest BCUT2D eigenvalue weighted by molar-refractivity contribution is -0.122. The summed E-state index contributed by atoms with van der Waals surface area (Å²) in [6, 6.07) is 17.3. The third-order valence-corrected chi connectivity index (χ3v) is 4.20. The molecule has 1 aliphatic rings. The number of ether oxygens (including phenoxy) is 2. The number of nitrogens with one attached hydrogen (secondary N) is 1. The number of carbonyl (C=O) groups is 1. The van der Waals surface area contributed by atoms with Gasteiger partial charge in [0, 0.05) is 24.5 Å². The first-order chi connectivity index (χ1) is 12.3. The molecule has 1 atom stereocenters. The molecule has 0 aromatic heterocycles. The standard InChI is InChI=1S/C20H24N2O3/c1-2-19(25-18-6-4-3-5-7-18)20(23)21-16-8-10-17(11-9-16)22-12-14-24-15-13-22/h3-11,19H,2,12-15H2,1H3,(H,21,23)/t19-/m0/s1. The van der Waals surface area contributed by atoms with E-state index in [-0.39, 0.29) is 5.91 Å². The van der Waals surface area contributed by atoms with Crippen molar-refractivity contribution >= 4 is 17.3 Å². The van der Waals surface area contributed by atoms with Crippen LogP contribution in [0.3, 0.4) is 0 Å². The molecule has 5 heteroatoms. The fourth-order valence-corrected chi connectivity index (χ4v) is 2.79. The summed E-state index contributed by atoms with van der Waals surface area (Å²) in [4.78, 5) is 14.8. The van der Waals surface area contributed by atoms with Crippen molar-refractivity contribution in [1.82, 2.24) is 0 Å². The summed E-state index contributed by atoms with van der Waals surface area (Å²) >= 11 is 0. The molecule has 0 radical (unpaired) electrons. The number of amides is 1. The summed E-state index contributed by atoms with van der Waals surface area (Å²) in [6.45, 7) is 5.25. The lowest BCUT2D eigenvalue weighted by Gasteiger charge is -2.29. The van der Waals surface area contributed by atoms with E-state index in [1.165, 1.54) is 0 Å². The molecular weight excluding hydrogens is 316 g/mol. The fourth-order valence-electron chi connectivity index (χ4n) is 2.79. The molecule has 0 spiro atoms. The molecule has 25 heavy (non-hydrogen) atoms. The number of carbonyl (C=O) groups excluding carboxylic acids is 1. The smallest absolute Gasteiger partial charge is 0.265 e. The second-order valence-electron chi connectivity index (χ2n) is 5.96. The zero-order valence-corrected chi connectivity index (χ0v) is 14.5. The van der Waals surface area contributed by atoms with Crippen molar-refractivity contribution in [2.75, 3.05) is 36.5 Å². The largest absolute Gasteiger partial charge is 0.481 e. The van der Waals surface area contributed by atoms with Gasteiger partial charge in [0.05, 0.1) is 13.2 Å². The lowest BCUT2D eigenvalue weighted by Crippen LogP contribution is -2.36. The Bertz CT molecular complexity index is 667. The molecule has 0 bridgehead atoms. The Hall–Kier alpha value is -2.53. The first-order valence-corrected chi connectivity index (χ1v) is 8.71. The molecule has 1 amide bonds. The zero-order valence-electron chi connectivity index (χ0n) is 14.5. The maximum Gasteiger partial charge on any atom is 0.265 e. The molecule has 1 heterocycles. The molecule has 1 saturated heterocycles. The van der Waals surface area contributed by atoms with Crippen molar-refractivity contribution in [2.24, 2.45) is 0 Å². The minimum absolute atomic E-state index is 0.134. The van der Waals surface area contributed by atoms with Gasteiger partial charge in [0.25, 0.3) is 5.91 Å². The number of hydrogen-bond donors (Lipinski definition) is 1. The predicted octanol–water partition coefficient (Wildman–Crippen LogP) is 3.32. The van der Waals surface area contributed by atoms with Crippen LogP contribution in [0.4, 0.5) is 11.4 Å². The second-order valence-corrected chi connectivity index (χ2v) is 5.96. The molecule has 1 fully saturated rings. The molecule has 5 nitrogen and oxygen atoms in total. The van der Waals surface area contributed by atoms with E-state index in [2.05, 4.69) is 10.2 Å². The van der Waals surface area contributed by atoms with E-state index < -0.39 is 6.10 Å². The van der Waals surface area contributed by atoms with Crippen molar-refractivity contribution in [2.45, 2.75) is 19.4 Å². The van der Waals surface area contributed by atoms with E-state index in [0.717, 1.165) is 37.7 Å². The average molecular weight is 340 g/mol. The molecule has 0 unspecified atom stereocenters. The van der Waals surface area contributed by atoms with Gasteiger partial charge in [-0.25, -0.2) is 0 Å². The van der Waals surface area contributed by atoms with E-state index in [1.807, 2.05) is 61.5 Å². The van der Waals surface area contributed by atoms with Gasteiger partial charge in [-0.15, -0.1) is 0 Å². The lowest BCUT2D eigenvalue weighted by atomic mass is 10.2. The molecule has 3 rings (SSSR count). The topological polar surface area (TPSA) is 50.8 Å². The van der Waals surface area contributed by atoms with E-state index in [9.17, 15) is 4.79 Å². The third-order valence-electron chi connectivity index (χ3n) is 4.20. The van der Waals surface area contributed by atoms with Gasteiger partial charge in [-0.2, -0.15) is 0 Å². The Morgan fingerprint density at radius 1 is 1.12 bits per heavy atom. The van der Waals surface area contributed by atoms with Crippen LogP contribution >= 0.6 is 0 Å². The monoisotopic (exact) mass is 340 g/mol. The number of morpholine rings is 1. The van der Waals surface area contributed by atoms with Gasteiger partial charge >= 0.3 is 0 Å². The zero-order chi connectivity index (χ0) is 17.5. The highest BCUT2D eigenvalue weighted by atomic mass is 16.5. The highest BCUT2D eigenvalue weighted by Gasteiger charge is 2.18. The third kappa shape index (κ3) is 4.73. The van der Waals surface area contributed by atoms with Crippen LogP contribution in [0.25, 0.3) is 0 Å². The Kier molecular flexibility index (Phi) is 5.90. The Morgan fingerprint density at radius 2 is 1.80 bits per heavy atom. The van der Waals surface area contributed by atoms with Crippen molar-refractivity contribution in [3.8, 4) is 5.75 Å². The van der Waals surface area contributed by atoms with Crippen LogP contribution < -0.4 is 15.0 Å². The van der Waals surface area contributed by atoms with Crippen molar-refractivity contribution in [3.63, 3.8) is 0 Å². The first-order valence-electron chi connectivity index (χ1n) is 8.71. The molecular formula is C20H24N2O3. The summed E-state index contributed by atoms with van der Waals surface area (Å²) in [6.07, 6.45) is 0.0911. The molecule has 2 aromatic carbocycles. The van der Waals surface area contributed by atoms with E-state index in [4.69, 9.17) is 9.47 Å². The fraction of sp³-hybridized carbons (Fsp3) is 0.350. The molecule has 132 valence electrons. The maximum absolute atomic E-state index is 12.5. The molecule has 2 aromatic rings. The summed E-state index contributed by atoms with van der Waals surface area (Å²) < 4.78 is 11.2. The Morgan fingerprint density at radius 3 is 2.44 bits per heavy atom. The predicted molar refractivity (Wildman–Crippen MR) is 99.3 cm³/mol. The summed E-state index contributed by atoms with van der Waals surface area (Å²) in [5, 5.41) is 2.94. The van der Waals surface area contributed by atoms with Gasteiger partial charge in [-0.3, -0.25) is 4.79 Å². The number of benzene rings is 2. The van der Waals surface area contributed by atoms with Crippen molar-refractivity contribution < 1.29 is 14.3 Å². The number of hydrogen-bond acceptors (Lipinski definition) is 4. The average Bonchev–Trinajstić information content (AvgIpc) is 2.68. The SMILES string of the molecule is CC[C@H](Oc1ccccc1)C(=O)Nc1ccc(N2CCOCC2)cc1. The van der Waals surface area contributed by atoms with Gasteiger partial charge in [-0.1, -0.05) is 25.1 Å². The Balaban J connectivity index is 1.59. The quantitative estimate of drug-likeness (QED) is 0.876. The van der Waals surface area contributed by atoms with Crippen LogP contribution in [-0.2, 0) is 9.53 Å². The normalized spacial score (nSPS) is 15.5. The van der Waals surface area contributed by atoms with Gasteiger partial charge in [0.2, 0.25) is 0 Å². The van der Waals surface area contributed by atoms with Gasteiger partial charge in [0.15, 0.2) is 6.10 Å². The van der Waals surface area contributed by atoms with Crippen LogP contribution in [0.2, 0.25) is 0 Å². The highest BCUT2D eigenvalue weighted by Crippen LogP contribution is 2.20. The minimum atomic E-state index is -0.513. The van der Waals surface area contributed by atoms with Gasteiger partial charge in [-0.05, 0) is 42.8 Å². The summed E-state index contributed by atoms with van der Waals surface area (Å²) in [5.41, 5.74) is 1.92. The molecule has 1 aliphatic heterocycles. The number of nitrogens with zero attached hydrogens (tertiary/aromatic N) is 1. The number of para-hydroxylation sites is 1. The summed E-state index contributed by atoms with van der Waals surface area (Å²) in [7, 11) is 0. The first kappa shape index (κ1) is 17.3. The van der Waals surface area contributed by atoms with Gasteiger partial charge < -0.3 is 19.7 Å². The van der Waals surface area contributed by atoms with E-state index >= 15 is 0 Å². The van der Waals surface area contributed by atoms with E-state index in [1.54, 1.807) is 0 Å². The van der Waals surface area contributed by atoms with Crippen molar-refractivity contribution in [1.29, 1.82) is 0 Å².